The number of carbonyl (C=O) groups is 1. The monoisotopic (exact) mass is 233 g/mol. The molecule has 0 heterocycles. The van der Waals surface area contributed by atoms with Crippen LogP contribution in [0.1, 0.15) is 23.2 Å². The van der Waals surface area contributed by atoms with E-state index in [9.17, 15) is 4.79 Å². The minimum absolute atomic E-state index is 0.0620. The molecule has 1 aromatic carbocycles. The predicted molar refractivity (Wildman–Crippen MR) is 71.7 cm³/mol. The summed E-state index contributed by atoms with van der Waals surface area (Å²) in [5.41, 5.74) is 12.9. The van der Waals surface area contributed by atoms with Gasteiger partial charge in [0.1, 0.15) is 0 Å². The number of carbonyl (C=O) groups excluding carboxylic acids is 1. The van der Waals surface area contributed by atoms with E-state index in [4.69, 9.17) is 11.5 Å². The zero-order chi connectivity index (χ0) is 12.8. The number of anilines is 2. The summed E-state index contributed by atoms with van der Waals surface area (Å²) >= 11 is 0. The lowest BCUT2D eigenvalue weighted by molar-refractivity contribution is 0.0794. The van der Waals surface area contributed by atoms with E-state index in [0.29, 0.717) is 23.5 Å². The maximum Gasteiger partial charge on any atom is 0.253 e. The smallest absolute Gasteiger partial charge is 0.253 e. The maximum absolute atomic E-state index is 12.0. The van der Waals surface area contributed by atoms with Gasteiger partial charge in [-0.1, -0.05) is 6.08 Å². The van der Waals surface area contributed by atoms with E-state index in [1.165, 1.54) is 0 Å². The van der Waals surface area contributed by atoms with E-state index in [-0.39, 0.29) is 5.91 Å². The summed E-state index contributed by atoms with van der Waals surface area (Å²) in [6, 6.07) is 4.92. The Balaban J connectivity index is 2.70. The second kappa shape index (κ2) is 5.94. The fourth-order valence-electron chi connectivity index (χ4n) is 1.59. The highest BCUT2D eigenvalue weighted by atomic mass is 16.2. The molecule has 0 radical (unpaired) electrons. The lowest BCUT2D eigenvalue weighted by Gasteiger charge is -2.17. The van der Waals surface area contributed by atoms with Gasteiger partial charge >= 0.3 is 0 Å². The molecule has 1 aromatic rings. The zero-order valence-electron chi connectivity index (χ0n) is 10.1. The van der Waals surface area contributed by atoms with E-state index in [2.05, 4.69) is 6.58 Å². The van der Waals surface area contributed by atoms with E-state index >= 15 is 0 Å². The molecule has 0 aromatic heterocycles. The standard InChI is InChI=1S/C13H19N3O/c1-3-4-5-6-16(2)13(17)10-7-11(14)9-12(15)8-10/h3,7-9H,1,4-6,14-15H2,2H3. The van der Waals surface area contributed by atoms with Crippen LogP contribution in [0.25, 0.3) is 0 Å². The molecule has 1 amide bonds. The molecule has 0 aliphatic heterocycles. The lowest BCUT2D eigenvalue weighted by atomic mass is 10.1. The second-order valence-corrected chi connectivity index (χ2v) is 4.05. The van der Waals surface area contributed by atoms with Crippen LogP contribution in [0.3, 0.4) is 0 Å². The van der Waals surface area contributed by atoms with Crippen LogP contribution in [0.15, 0.2) is 30.9 Å². The Morgan fingerprint density at radius 1 is 1.35 bits per heavy atom. The topological polar surface area (TPSA) is 72.3 Å². The molecule has 0 saturated heterocycles. The van der Waals surface area contributed by atoms with Gasteiger partial charge in [0.15, 0.2) is 0 Å². The van der Waals surface area contributed by atoms with Crippen molar-refractivity contribution in [3.63, 3.8) is 0 Å². The van der Waals surface area contributed by atoms with Crippen molar-refractivity contribution in [3.05, 3.63) is 36.4 Å². The van der Waals surface area contributed by atoms with Crippen LogP contribution in [-0.2, 0) is 0 Å². The highest BCUT2D eigenvalue weighted by Gasteiger charge is 2.11. The molecule has 0 unspecified atom stereocenters. The van der Waals surface area contributed by atoms with Crippen LogP contribution < -0.4 is 11.5 Å². The maximum atomic E-state index is 12.0. The summed E-state index contributed by atoms with van der Waals surface area (Å²) in [6.07, 6.45) is 3.65. The van der Waals surface area contributed by atoms with Crippen LogP contribution in [-0.4, -0.2) is 24.4 Å². The van der Waals surface area contributed by atoms with E-state index < -0.39 is 0 Å². The first-order chi connectivity index (χ1) is 8.04. The van der Waals surface area contributed by atoms with Gasteiger partial charge < -0.3 is 16.4 Å². The van der Waals surface area contributed by atoms with E-state index in [1.807, 2.05) is 6.08 Å². The number of nitrogens with two attached hydrogens (primary N) is 2. The van der Waals surface area contributed by atoms with Gasteiger partial charge in [-0.25, -0.2) is 0 Å². The first kappa shape index (κ1) is 13.1. The van der Waals surface area contributed by atoms with E-state index in [1.54, 1.807) is 30.1 Å². The molecule has 4 heteroatoms. The Morgan fingerprint density at radius 3 is 2.47 bits per heavy atom. The van der Waals surface area contributed by atoms with Crippen LogP contribution >= 0.6 is 0 Å². The minimum Gasteiger partial charge on any atom is -0.399 e. The van der Waals surface area contributed by atoms with Gasteiger partial charge in [0.05, 0.1) is 0 Å². The molecule has 0 aliphatic carbocycles. The molecule has 1 rings (SSSR count). The summed E-state index contributed by atoms with van der Waals surface area (Å²) in [7, 11) is 1.77. The normalized spacial score (nSPS) is 9.94. The van der Waals surface area contributed by atoms with Gasteiger partial charge in [-0.3, -0.25) is 4.79 Å². The number of nitrogens with zero attached hydrogens (tertiary/aromatic N) is 1. The summed E-state index contributed by atoms with van der Waals surface area (Å²) in [5, 5.41) is 0. The molecular formula is C13H19N3O. The molecule has 0 spiro atoms. The van der Waals surface area contributed by atoms with Crippen molar-refractivity contribution in [2.45, 2.75) is 12.8 Å². The molecule has 0 bridgehead atoms. The quantitative estimate of drug-likeness (QED) is 0.463. The number of hydrogen-bond acceptors (Lipinski definition) is 3. The SMILES string of the molecule is C=CCCCN(C)C(=O)c1cc(N)cc(N)c1. The molecule has 0 atom stereocenters. The average Bonchev–Trinajstić information content (AvgIpc) is 2.27. The van der Waals surface area contributed by atoms with Crippen LogP contribution in [0.5, 0.6) is 0 Å². The molecular weight excluding hydrogens is 214 g/mol. The largest absolute Gasteiger partial charge is 0.399 e. The Labute approximate surface area is 102 Å². The van der Waals surface area contributed by atoms with Crippen molar-refractivity contribution in [2.24, 2.45) is 0 Å². The van der Waals surface area contributed by atoms with Crippen molar-refractivity contribution in [1.82, 2.24) is 4.90 Å². The molecule has 0 aliphatic rings. The Bertz CT molecular complexity index is 395. The number of allylic oxidation sites excluding steroid dienone is 1. The zero-order valence-corrected chi connectivity index (χ0v) is 10.1. The number of benzene rings is 1. The third-order valence-corrected chi connectivity index (χ3v) is 2.47. The highest BCUT2D eigenvalue weighted by Crippen LogP contribution is 2.15. The van der Waals surface area contributed by atoms with Crippen molar-refractivity contribution in [3.8, 4) is 0 Å². The van der Waals surface area contributed by atoms with Gasteiger partial charge in [0.2, 0.25) is 0 Å². The van der Waals surface area contributed by atoms with Crippen LogP contribution in [0.2, 0.25) is 0 Å². The van der Waals surface area contributed by atoms with Gasteiger partial charge in [0.25, 0.3) is 5.91 Å². The molecule has 92 valence electrons. The van der Waals surface area contributed by atoms with Gasteiger partial charge in [-0.05, 0) is 31.0 Å². The van der Waals surface area contributed by atoms with Crippen LogP contribution in [0.4, 0.5) is 11.4 Å². The third-order valence-electron chi connectivity index (χ3n) is 2.47. The highest BCUT2D eigenvalue weighted by molar-refractivity contribution is 5.95. The molecule has 4 N–H and O–H groups in total. The number of amides is 1. The number of rotatable bonds is 5. The third kappa shape index (κ3) is 3.83. The van der Waals surface area contributed by atoms with Gasteiger partial charge in [-0.2, -0.15) is 0 Å². The van der Waals surface area contributed by atoms with Crippen molar-refractivity contribution in [2.75, 3.05) is 25.1 Å². The Kier molecular flexibility index (Phi) is 4.57. The molecule has 17 heavy (non-hydrogen) atoms. The van der Waals surface area contributed by atoms with Gasteiger partial charge in [0, 0.05) is 30.5 Å². The molecule has 0 fully saturated rings. The summed E-state index contributed by atoms with van der Waals surface area (Å²) < 4.78 is 0. The first-order valence-corrected chi connectivity index (χ1v) is 5.57. The van der Waals surface area contributed by atoms with E-state index in [0.717, 1.165) is 12.8 Å². The number of hydrogen-bond donors (Lipinski definition) is 2. The predicted octanol–water partition coefficient (Wildman–Crippen LogP) is 1.89. The minimum atomic E-state index is -0.0620. The summed E-state index contributed by atoms with van der Waals surface area (Å²) in [6.45, 7) is 4.34. The Morgan fingerprint density at radius 2 is 1.94 bits per heavy atom. The summed E-state index contributed by atoms with van der Waals surface area (Å²) in [5.74, 6) is -0.0620. The van der Waals surface area contributed by atoms with Crippen molar-refractivity contribution < 1.29 is 4.79 Å². The first-order valence-electron chi connectivity index (χ1n) is 5.57. The summed E-state index contributed by atoms with van der Waals surface area (Å²) in [4.78, 5) is 13.7. The molecule has 0 saturated carbocycles. The average molecular weight is 233 g/mol. The number of nitrogen functional groups attached to an aromatic ring is 2. The number of unbranched alkanes of at least 4 members (excludes halogenated alkanes) is 1. The Hall–Kier alpha value is -1.97. The van der Waals surface area contributed by atoms with Gasteiger partial charge in [-0.15, -0.1) is 6.58 Å². The molecule has 4 nitrogen and oxygen atoms in total. The van der Waals surface area contributed by atoms with Crippen molar-refractivity contribution in [1.29, 1.82) is 0 Å². The second-order valence-electron chi connectivity index (χ2n) is 4.05. The van der Waals surface area contributed by atoms with Crippen molar-refractivity contribution >= 4 is 17.3 Å². The fraction of sp³-hybridized carbons (Fsp3) is 0.308. The van der Waals surface area contributed by atoms with Crippen LogP contribution in [0, 0.1) is 0 Å². The fourth-order valence-corrected chi connectivity index (χ4v) is 1.59. The lowest BCUT2D eigenvalue weighted by Crippen LogP contribution is -2.27.